The van der Waals surface area contributed by atoms with E-state index >= 15 is 17.6 Å². The molecule has 0 spiro atoms. The number of hydrogen-bond acceptors (Lipinski definition) is 3. The minimum absolute atomic E-state index is 0.00779. The van der Waals surface area contributed by atoms with E-state index in [1.807, 2.05) is 65.8 Å². The fourth-order valence-corrected chi connectivity index (χ4v) is 15.8. The van der Waals surface area contributed by atoms with Crippen LogP contribution >= 0.6 is 20.2 Å². The van der Waals surface area contributed by atoms with Gasteiger partial charge in [-0.3, -0.25) is 0 Å². The first-order chi connectivity index (χ1) is 19.8. The number of hydrogen-bond donors (Lipinski definition) is 0. The number of alkyl halides is 4. The fraction of sp³-hybridized carbons (Fsp3) is 0.647. The molecule has 4 fully saturated rings. The summed E-state index contributed by atoms with van der Waals surface area (Å²) >= 11 is -3.61. The van der Waals surface area contributed by atoms with Gasteiger partial charge in [-0.15, -0.1) is 0 Å². The van der Waals surface area contributed by atoms with Gasteiger partial charge in [0.25, 0.3) is 0 Å². The normalized spacial score (nSPS) is 31.0. The second-order valence-electron chi connectivity index (χ2n) is 15.4. The van der Waals surface area contributed by atoms with E-state index in [1.54, 1.807) is 24.3 Å². The Hall–Kier alpha value is -1.20. The Morgan fingerprint density at radius 1 is 0.674 bits per heavy atom. The molecule has 238 valence electrons. The summed E-state index contributed by atoms with van der Waals surface area (Å²) in [6, 6.07) is 14.1. The maximum atomic E-state index is 16.0. The number of benzene rings is 2. The average Bonchev–Trinajstić information content (AvgIpc) is 3.72. The number of rotatable bonds is 7. The van der Waals surface area contributed by atoms with Crippen LogP contribution in [-0.2, 0) is 23.5 Å². The van der Waals surface area contributed by atoms with Crippen LogP contribution < -0.4 is 0 Å². The Labute approximate surface area is 261 Å². The van der Waals surface area contributed by atoms with Gasteiger partial charge in [-0.25, -0.2) is 0 Å². The zero-order chi connectivity index (χ0) is 31.3. The van der Waals surface area contributed by atoms with E-state index in [-0.39, 0.29) is 29.1 Å². The number of halogens is 5. The SMILES string of the molecule is CC(C)(C)c1ccc(I(OS(=O)(=O)C(F)(F)C(F)(F)C2CC3CC2C2C4CCC(C4)C32)c2ccc(C(C)(C)C)cc2)cc1. The third-order valence-corrected chi connectivity index (χ3v) is 18.3. The molecule has 43 heavy (non-hydrogen) atoms. The molecule has 4 aliphatic carbocycles. The summed E-state index contributed by atoms with van der Waals surface area (Å²) in [6.07, 6.45) is 3.57. The third kappa shape index (κ3) is 5.19. The summed E-state index contributed by atoms with van der Waals surface area (Å²) < 4.78 is 96.9. The van der Waals surface area contributed by atoms with Crippen molar-refractivity contribution in [3.63, 3.8) is 0 Å². The predicted molar refractivity (Wildman–Crippen MR) is 169 cm³/mol. The maximum absolute atomic E-state index is 16.0. The molecule has 0 radical (unpaired) electrons. The van der Waals surface area contributed by atoms with E-state index in [2.05, 4.69) is 0 Å². The minimum atomic E-state index is -5.99. The zero-order valence-electron chi connectivity index (χ0n) is 25.7. The quantitative estimate of drug-likeness (QED) is 0.162. The molecule has 0 aliphatic heterocycles. The van der Waals surface area contributed by atoms with E-state index in [9.17, 15) is 8.42 Å². The van der Waals surface area contributed by atoms with Crippen LogP contribution in [-0.4, -0.2) is 19.6 Å². The summed E-state index contributed by atoms with van der Waals surface area (Å²) in [5.74, 6) is -5.71. The Bertz CT molecular complexity index is 1400. The molecule has 2 aromatic carbocycles. The first-order valence-electron chi connectivity index (χ1n) is 15.4. The summed E-state index contributed by atoms with van der Waals surface area (Å²) in [4.78, 5) is 0. The van der Waals surface area contributed by atoms with Crippen molar-refractivity contribution in [1.29, 1.82) is 0 Å². The van der Waals surface area contributed by atoms with Gasteiger partial charge in [0.15, 0.2) is 0 Å². The van der Waals surface area contributed by atoms with Crippen LogP contribution in [0.25, 0.3) is 0 Å². The van der Waals surface area contributed by atoms with E-state index in [1.165, 1.54) is 0 Å². The van der Waals surface area contributed by atoms with Crippen molar-refractivity contribution in [2.24, 2.45) is 41.4 Å². The van der Waals surface area contributed by atoms with Crippen molar-refractivity contribution in [1.82, 2.24) is 0 Å². The van der Waals surface area contributed by atoms with Gasteiger partial charge in [0.05, 0.1) is 0 Å². The molecule has 9 heteroatoms. The Kier molecular flexibility index (Phi) is 7.69. The average molecular weight is 735 g/mol. The zero-order valence-corrected chi connectivity index (χ0v) is 28.7. The van der Waals surface area contributed by atoms with Crippen LogP contribution in [0.15, 0.2) is 48.5 Å². The van der Waals surface area contributed by atoms with Crippen molar-refractivity contribution < 1.29 is 28.5 Å². The Morgan fingerprint density at radius 2 is 1.14 bits per heavy atom. The van der Waals surface area contributed by atoms with Crippen molar-refractivity contribution in [2.45, 2.75) is 95.7 Å². The fourth-order valence-electron chi connectivity index (χ4n) is 8.81. The van der Waals surface area contributed by atoms with E-state index in [4.69, 9.17) is 2.51 Å². The molecule has 0 aromatic heterocycles. The molecule has 7 unspecified atom stereocenters. The van der Waals surface area contributed by atoms with Crippen LogP contribution in [0.1, 0.15) is 84.8 Å². The first-order valence-corrected chi connectivity index (χ1v) is 19.9. The summed E-state index contributed by atoms with van der Waals surface area (Å²) in [5, 5.41) is -5.34. The monoisotopic (exact) mass is 734 g/mol. The molecular weight excluding hydrogens is 691 g/mol. The van der Waals surface area contributed by atoms with Gasteiger partial charge >= 0.3 is 263 Å². The molecule has 2 aromatic rings. The first kappa shape index (κ1) is 31.8. The second kappa shape index (κ2) is 10.4. The van der Waals surface area contributed by atoms with Crippen molar-refractivity contribution in [3.05, 3.63) is 66.8 Å². The third-order valence-electron chi connectivity index (χ3n) is 10.9. The van der Waals surface area contributed by atoms with E-state index in [0.29, 0.717) is 31.3 Å². The molecule has 4 aliphatic rings. The van der Waals surface area contributed by atoms with Gasteiger partial charge in [-0.05, 0) is 0 Å². The van der Waals surface area contributed by atoms with Gasteiger partial charge in [0, 0.05) is 0 Å². The molecule has 0 N–H and O–H groups in total. The molecule has 6 rings (SSSR count). The van der Waals surface area contributed by atoms with Gasteiger partial charge in [0.2, 0.25) is 0 Å². The molecule has 0 amide bonds. The molecule has 4 saturated carbocycles. The molecular formula is C34H43F4IO3S. The van der Waals surface area contributed by atoms with Crippen LogP contribution in [0.3, 0.4) is 0 Å². The molecule has 0 saturated heterocycles. The topological polar surface area (TPSA) is 43.4 Å². The van der Waals surface area contributed by atoms with E-state index < -0.39 is 53.4 Å². The molecule has 4 bridgehead atoms. The van der Waals surface area contributed by atoms with Crippen molar-refractivity contribution in [3.8, 4) is 0 Å². The van der Waals surface area contributed by atoms with Crippen LogP contribution in [0.5, 0.6) is 0 Å². The van der Waals surface area contributed by atoms with Gasteiger partial charge in [-0.2, -0.15) is 0 Å². The van der Waals surface area contributed by atoms with Crippen molar-refractivity contribution >= 4 is 30.4 Å². The summed E-state index contributed by atoms with van der Waals surface area (Å²) in [7, 11) is -5.99. The molecule has 3 nitrogen and oxygen atoms in total. The Balaban J connectivity index is 1.32. The van der Waals surface area contributed by atoms with Gasteiger partial charge < -0.3 is 0 Å². The Morgan fingerprint density at radius 3 is 1.60 bits per heavy atom. The summed E-state index contributed by atoms with van der Waals surface area (Å²) in [5.41, 5.74) is 1.58. The number of fused-ring (bicyclic) bond motifs is 9. The predicted octanol–water partition coefficient (Wildman–Crippen LogP) is 9.64. The molecule has 0 heterocycles. The van der Waals surface area contributed by atoms with Gasteiger partial charge in [-0.1, -0.05) is 0 Å². The van der Waals surface area contributed by atoms with Gasteiger partial charge in [0.1, 0.15) is 0 Å². The van der Waals surface area contributed by atoms with E-state index in [0.717, 1.165) is 30.4 Å². The summed E-state index contributed by atoms with van der Waals surface area (Å²) in [6.45, 7) is 12.2. The molecule has 7 atom stereocenters. The van der Waals surface area contributed by atoms with Crippen molar-refractivity contribution in [2.75, 3.05) is 0 Å². The standard InChI is InChI=1S/C34H43F4IO3S/c1-31(2,3)23-9-13-25(14-10-23)39(26-15-11-24(12-16-26)32(4,5)6)42-43(40,41)34(37,38)33(35,36)28-19-22-18-27(28)30-21-8-7-20(17-21)29(22)30/h9-16,20-22,27-30H,7-8,17-19H2,1-6H3. The van der Waals surface area contributed by atoms with Crippen LogP contribution in [0.2, 0.25) is 0 Å². The van der Waals surface area contributed by atoms with Crippen LogP contribution in [0, 0.1) is 48.6 Å². The second-order valence-corrected chi connectivity index (χ2v) is 21.9. The van der Waals surface area contributed by atoms with Crippen LogP contribution in [0.4, 0.5) is 17.6 Å².